The van der Waals surface area contributed by atoms with Gasteiger partial charge in [-0.05, 0) is 56.6 Å². The van der Waals surface area contributed by atoms with Gasteiger partial charge in [-0.25, -0.2) is 4.79 Å². The minimum atomic E-state index is -0.172. The fraction of sp³-hybridized carbons (Fsp3) is 0.381. The first-order valence-corrected chi connectivity index (χ1v) is 9.19. The van der Waals surface area contributed by atoms with Crippen LogP contribution in [0.5, 0.6) is 5.75 Å². The van der Waals surface area contributed by atoms with Crippen molar-refractivity contribution in [2.45, 2.75) is 25.8 Å². The molecule has 0 aliphatic carbocycles. The second-order valence-electron chi connectivity index (χ2n) is 6.79. The van der Waals surface area contributed by atoms with Crippen LogP contribution in [0.1, 0.15) is 19.8 Å². The van der Waals surface area contributed by atoms with Gasteiger partial charge in [0, 0.05) is 23.8 Å². The molecule has 2 aromatic carbocycles. The normalized spacial score (nSPS) is 15.5. The van der Waals surface area contributed by atoms with Gasteiger partial charge in [0.15, 0.2) is 0 Å². The molecule has 1 saturated heterocycles. The van der Waals surface area contributed by atoms with E-state index in [9.17, 15) is 4.79 Å². The number of anilines is 1. The summed E-state index contributed by atoms with van der Waals surface area (Å²) in [4.78, 5) is 14.7. The zero-order chi connectivity index (χ0) is 18.4. The van der Waals surface area contributed by atoms with Gasteiger partial charge in [-0.15, -0.1) is 0 Å². The third-order valence-electron chi connectivity index (χ3n) is 4.65. The number of para-hydroxylation sites is 1. The average molecular weight is 353 g/mol. The molecule has 2 amide bonds. The van der Waals surface area contributed by atoms with Crippen LogP contribution in [0.25, 0.3) is 11.1 Å². The lowest BCUT2D eigenvalue weighted by Gasteiger charge is -2.21. The van der Waals surface area contributed by atoms with Crippen LogP contribution in [0.2, 0.25) is 0 Å². The molecule has 5 heteroatoms. The van der Waals surface area contributed by atoms with Gasteiger partial charge in [-0.3, -0.25) is 0 Å². The lowest BCUT2D eigenvalue weighted by molar-refractivity contribution is 0.242. The second kappa shape index (κ2) is 8.72. The van der Waals surface area contributed by atoms with Crippen LogP contribution in [-0.4, -0.2) is 43.7 Å². The first-order valence-electron chi connectivity index (χ1n) is 9.19. The van der Waals surface area contributed by atoms with Crippen molar-refractivity contribution >= 4 is 11.7 Å². The van der Waals surface area contributed by atoms with E-state index >= 15 is 0 Å². The van der Waals surface area contributed by atoms with Crippen molar-refractivity contribution in [3.63, 3.8) is 0 Å². The highest BCUT2D eigenvalue weighted by molar-refractivity contribution is 5.90. The second-order valence-corrected chi connectivity index (χ2v) is 6.79. The molecular formula is C21H27N3O2. The summed E-state index contributed by atoms with van der Waals surface area (Å²) in [6.07, 6.45) is 2.52. The Bertz CT molecular complexity index is 742. The van der Waals surface area contributed by atoms with E-state index in [-0.39, 0.29) is 12.1 Å². The van der Waals surface area contributed by atoms with Crippen LogP contribution >= 0.6 is 0 Å². The lowest BCUT2D eigenvalue weighted by Crippen LogP contribution is -2.42. The number of methoxy groups -OCH3 is 1. The van der Waals surface area contributed by atoms with Crippen LogP contribution in [-0.2, 0) is 0 Å². The molecule has 0 unspecified atom stereocenters. The summed E-state index contributed by atoms with van der Waals surface area (Å²) in [6.45, 7) is 5.21. The minimum Gasteiger partial charge on any atom is -0.496 e. The van der Waals surface area contributed by atoms with Gasteiger partial charge in [0.1, 0.15) is 5.75 Å². The molecule has 0 spiro atoms. The number of carbonyl (C=O) groups is 1. The fourth-order valence-electron chi connectivity index (χ4n) is 3.44. The van der Waals surface area contributed by atoms with E-state index in [1.807, 2.05) is 55.5 Å². The predicted molar refractivity (Wildman–Crippen MR) is 106 cm³/mol. The summed E-state index contributed by atoms with van der Waals surface area (Å²) < 4.78 is 5.43. The quantitative estimate of drug-likeness (QED) is 0.826. The number of benzene rings is 2. The van der Waals surface area contributed by atoms with Crippen LogP contribution in [0, 0.1) is 0 Å². The Labute approximate surface area is 155 Å². The van der Waals surface area contributed by atoms with Gasteiger partial charge in [-0.1, -0.05) is 30.3 Å². The van der Waals surface area contributed by atoms with Crippen LogP contribution in [0.4, 0.5) is 10.5 Å². The number of hydrogen-bond acceptors (Lipinski definition) is 3. The van der Waals surface area contributed by atoms with Crippen molar-refractivity contribution in [1.82, 2.24) is 10.2 Å². The van der Waals surface area contributed by atoms with E-state index in [1.165, 1.54) is 12.8 Å². The Kier molecular flexibility index (Phi) is 6.12. The maximum Gasteiger partial charge on any atom is 0.319 e. The summed E-state index contributed by atoms with van der Waals surface area (Å²) in [7, 11) is 1.66. The largest absolute Gasteiger partial charge is 0.496 e. The van der Waals surface area contributed by atoms with Crippen LogP contribution in [0.15, 0.2) is 48.5 Å². The maximum atomic E-state index is 12.3. The monoisotopic (exact) mass is 353 g/mol. The number of urea groups is 1. The summed E-state index contributed by atoms with van der Waals surface area (Å²) in [5.41, 5.74) is 2.77. The third kappa shape index (κ3) is 4.76. The molecule has 1 atom stereocenters. The number of likely N-dealkylation sites (tertiary alicyclic amines) is 1. The van der Waals surface area contributed by atoms with Gasteiger partial charge in [0.05, 0.1) is 7.11 Å². The first kappa shape index (κ1) is 18.3. The number of ether oxygens (including phenoxy) is 1. The third-order valence-corrected chi connectivity index (χ3v) is 4.65. The molecule has 26 heavy (non-hydrogen) atoms. The number of carbonyl (C=O) groups excluding carboxylic acids is 1. The molecule has 2 N–H and O–H groups in total. The molecule has 3 rings (SSSR count). The first-order chi connectivity index (χ1) is 12.7. The fourth-order valence-corrected chi connectivity index (χ4v) is 3.44. The molecule has 0 saturated carbocycles. The van der Waals surface area contributed by atoms with Crippen molar-refractivity contribution < 1.29 is 9.53 Å². The van der Waals surface area contributed by atoms with Crippen molar-refractivity contribution in [1.29, 1.82) is 0 Å². The summed E-state index contributed by atoms with van der Waals surface area (Å²) in [5.74, 6) is 0.813. The Hall–Kier alpha value is -2.53. The number of nitrogens with one attached hydrogen (secondary N) is 2. The van der Waals surface area contributed by atoms with Gasteiger partial charge < -0.3 is 20.3 Å². The van der Waals surface area contributed by atoms with E-state index < -0.39 is 0 Å². The molecule has 138 valence electrons. The van der Waals surface area contributed by atoms with Crippen molar-refractivity contribution in [3.8, 4) is 16.9 Å². The van der Waals surface area contributed by atoms with Crippen molar-refractivity contribution in [2.75, 3.05) is 32.1 Å². The average Bonchev–Trinajstić information content (AvgIpc) is 3.14. The van der Waals surface area contributed by atoms with Gasteiger partial charge in [-0.2, -0.15) is 0 Å². The number of amides is 2. The lowest BCUT2D eigenvalue weighted by atomic mass is 10.0. The summed E-state index contributed by atoms with van der Waals surface area (Å²) in [6, 6.07) is 15.6. The zero-order valence-corrected chi connectivity index (χ0v) is 15.5. The molecule has 0 bridgehead atoms. The zero-order valence-electron chi connectivity index (χ0n) is 15.5. The Morgan fingerprint density at radius 3 is 2.69 bits per heavy atom. The predicted octanol–water partition coefficient (Wildman–Crippen LogP) is 3.97. The topological polar surface area (TPSA) is 53.6 Å². The smallest absolute Gasteiger partial charge is 0.319 e. The van der Waals surface area contributed by atoms with Crippen LogP contribution in [0.3, 0.4) is 0 Å². The van der Waals surface area contributed by atoms with E-state index in [4.69, 9.17) is 4.74 Å². The summed E-state index contributed by atoms with van der Waals surface area (Å²) >= 11 is 0. The van der Waals surface area contributed by atoms with E-state index in [0.29, 0.717) is 0 Å². The molecule has 1 heterocycles. The molecule has 1 aliphatic heterocycles. The number of nitrogens with zero attached hydrogens (tertiary/aromatic N) is 1. The Balaban J connectivity index is 1.62. The van der Waals surface area contributed by atoms with Gasteiger partial charge in [0.25, 0.3) is 0 Å². The molecule has 2 aromatic rings. The Morgan fingerprint density at radius 2 is 1.92 bits per heavy atom. The van der Waals surface area contributed by atoms with E-state index in [2.05, 4.69) is 15.5 Å². The summed E-state index contributed by atoms with van der Waals surface area (Å²) in [5, 5.41) is 5.96. The van der Waals surface area contributed by atoms with E-state index in [0.717, 1.165) is 42.2 Å². The molecular weight excluding hydrogens is 326 g/mol. The molecule has 5 nitrogen and oxygen atoms in total. The van der Waals surface area contributed by atoms with Crippen LogP contribution < -0.4 is 15.4 Å². The standard InChI is InChI=1S/C21H27N3O2/c1-16(15-24-12-5-6-13-24)22-21(25)23-18-9-7-8-17(14-18)19-10-3-4-11-20(19)26-2/h3-4,7-11,14,16H,5-6,12-13,15H2,1-2H3,(H2,22,23,25)/t16-/m1/s1. The van der Waals surface area contributed by atoms with Crippen molar-refractivity contribution in [3.05, 3.63) is 48.5 Å². The minimum absolute atomic E-state index is 0.116. The number of hydrogen-bond donors (Lipinski definition) is 2. The highest BCUT2D eigenvalue weighted by Gasteiger charge is 2.16. The SMILES string of the molecule is COc1ccccc1-c1cccc(NC(=O)N[C@H](C)CN2CCCC2)c1. The van der Waals surface area contributed by atoms with Gasteiger partial charge >= 0.3 is 6.03 Å². The highest BCUT2D eigenvalue weighted by atomic mass is 16.5. The van der Waals surface area contributed by atoms with Gasteiger partial charge in [0.2, 0.25) is 0 Å². The molecule has 0 aromatic heterocycles. The molecule has 0 radical (unpaired) electrons. The van der Waals surface area contributed by atoms with Crippen molar-refractivity contribution in [2.24, 2.45) is 0 Å². The maximum absolute atomic E-state index is 12.3. The highest BCUT2D eigenvalue weighted by Crippen LogP contribution is 2.30. The Morgan fingerprint density at radius 1 is 1.15 bits per heavy atom. The number of rotatable bonds is 6. The molecule has 1 fully saturated rings. The van der Waals surface area contributed by atoms with E-state index in [1.54, 1.807) is 7.11 Å². The molecule has 1 aliphatic rings.